The molecule has 0 amide bonds. The van der Waals surface area contributed by atoms with Gasteiger partial charge in [-0.25, -0.2) is 0 Å². The van der Waals surface area contributed by atoms with Crippen LogP contribution < -0.4 is 20.9 Å². The van der Waals surface area contributed by atoms with E-state index in [0.29, 0.717) is 22.9 Å². The van der Waals surface area contributed by atoms with E-state index < -0.39 is 0 Å². The highest BCUT2D eigenvalue weighted by Crippen LogP contribution is 2.41. The molecule has 0 aliphatic heterocycles. The lowest BCUT2D eigenvalue weighted by atomic mass is 10.0. The lowest BCUT2D eigenvalue weighted by molar-refractivity contribution is 0.416. The number of benzene rings is 2. The zero-order chi connectivity index (χ0) is 14.9. The molecule has 2 rings (SSSR count). The van der Waals surface area contributed by atoms with Crippen molar-refractivity contribution in [3.8, 4) is 22.6 Å². The molecule has 6 heteroatoms. The van der Waals surface area contributed by atoms with Gasteiger partial charge in [0.05, 0.1) is 25.6 Å². The molecule has 2 aromatic carbocycles. The maximum atomic E-state index is 5.89. The molecule has 4 nitrogen and oxygen atoms in total. The van der Waals surface area contributed by atoms with Gasteiger partial charge in [0.2, 0.25) is 0 Å². The van der Waals surface area contributed by atoms with Gasteiger partial charge >= 0.3 is 0 Å². The second-order valence-electron chi connectivity index (χ2n) is 4.15. The molecule has 0 heterocycles. The molecule has 0 fully saturated rings. The third kappa shape index (κ3) is 2.71. The third-order valence-electron chi connectivity index (χ3n) is 2.93. The minimum atomic E-state index is 0.571. The van der Waals surface area contributed by atoms with Gasteiger partial charge in [0.15, 0.2) is 0 Å². The molecule has 0 aromatic heterocycles. The summed E-state index contributed by atoms with van der Waals surface area (Å²) in [5.74, 6) is 1.23. The fraction of sp³-hybridized carbons (Fsp3) is 0.143. The number of rotatable bonds is 3. The number of halogens is 2. The Morgan fingerprint density at radius 2 is 1.10 bits per heavy atom. The minimum Gasteiger partial charge on any atom is -0.495 e. The first-order chi connectivity index (χ1) is 9.47. The van der Waals surface area contributed by atoms with Gasteiger partial charge in [0, 0.05) is 20.1 Å². The number of nitrogen functional groups attached to an aromatic ring is 2. The van der Waals surface area contributed by atoms with E-state index in [2.05, 4.69) is 31.9 Å². The summed E-state index contributed by atoms with van der Waals surface area (Å²) in [7, 11) is 3.17. The predicted octanol–water partition coefficient (Wildman–Crippen LogP) is 4.06. The van der Waals surface area contributed by atoms with Gasteiger partial charge < -0.3 is 20.9 Å². The van der Waals surface area contributed by atoms with Crippen molar-refractivity contribution < 1.29 is 9.47 Å². The molecule has 0 atom stereocenters. The van der Waals surface area contributed by atoms with Crippen LogP contribution in [0.2, 0.25) is 0 Å². The maximum Gasteiger partial charge on any atom is 0.142 e. The smallest absolute Gasteiger partial charge is 0.142 e. The zero-order valence-corrected chi connectivity index (χ0v) is 14.2. The Bertz CT molecular complexity index is 603. The summed E-state index contributed by atoms with van der Waals surface area (Å²) in [5.41, 5.74) is 14.8. The molecule has 106 valence electrons. The molecular weight excluding hydrogens is 388 g/mol. The van der Waals surface area contributed by atoms with Crippen LogP contribution in [0, 0.1) is 0 Å². The van der Waals surface area contributed by atoms with Gasteiger partial charge in [0.1, 0.15) is 11.5 Å². The SMILES string of the molecule is COc1cc(-c2cc(OC)c(N)cc2Br)c(Br)cc1N. The quantitative estimate of drug-likeness (QED) is 0.760. The second-order valence-corrected chi connectivity index (χ2v) is 5.86. The average Bonchev–Trinajstić information content (AvgIpc) is 2.40. The van der Waals surface area contributed by atoms with Crippen molar-refractivity contribution in [2.45, 2.75) is 0 Å². The van der Waals surface area contributed by atoms with Crippen LogP contribution in [0.25, 0.3) is 11.1 Å². The Morgan fingerprint density at radius 3 is 1.40 bits per heavy atom. The van der Waals surface area contributed by atoms with E-state index in [1.807, 2.05) is 24.3 Å². The lowest BCUT2D eigenvalue weighted by Gasteiger charge is -2.14. The van der Waals surface area contributed by atoms with Gasteiger partial charge in [0.25, 0.3) is 0 Å². The first-order valence-electron chi connectivity index (χ1n) is 5.74. The molecule has 0 radical (unpaired) electrons. The van der Waals surface area contributed by atoms with Crippen LogP contribution in [0.3, 0.4) is 0 Å². The van der Waals surface area contributed by atoms with E-state index in [9.17, 15) is 0 Å². The number of methoxy groups -OCH3 is 2. The third-order valence-corrected chi connectivity index (χ3v) is 4.24. The fourth-order valence-corrected chi connectivity index (χ4v) is 3.05. The number of hydrogen-bond acceptors (Lipinski definition) is 4. The molecular formula is C14H14Br2N2O2. The van der Waals surface area contributed by atoms with Crippen molar-refractivity contribution in [2.24, 2.45) is 0 Å². The average molecular weight is 402 g/mol. The summed E-state index contributed by atoms with van der Waals surface area (Å²) in [6.07, 6.45) is 0. The predicted molar refractivity (Wildman–Crippen MR) is 89.2 cm³/mol. The second kappa shape index (κ2) is 5.93. The summed E-state index contributed by atoms with van der Waals surface area (Å²) in [6.45, 7) is 0. The molecule has 4 N–H and O–H groups in total. The maximum absolute atomic E-state index is 5.89. The highest BCUT2D eigenvalue weighted by Gasteiger charge is 2.14. The Kier molecular flexibility index (Phi) is 4.45. The molecule has 0 aliphatic rings. The van der Waals surface area contributed by atoms with Crippen molar-refractivity contribution in [1.29, 1.82) is 0 Å². The van der Waals surface area contributed by atoms with E-state index in [1.54, 1.807) is 14.2 Å². The van der Waals surface area contributed by atoms with Gasteiger partial charge in [-0.2, -0.15) is 0 Å². The summed E-state index contributed by atoms with van der Waals surface area (Å²) in [4.78, 5) is 0. The standard InChI is InChI=1S/C14H14Br2N2O2/c1-19-13-3-7(9(15)5-11(13)17)8-4-14(20-2)12(18)6-10(8)16/h3-6H,17-18H2,1-2H3. The summed E-state index contributed by atoms with van der Waals surface area (Å²) >= 11 is 7.04. The summed E-state index contributed by atoms with van der Waals surface area (Å²) in [5, 5.41) is 0. The fourth-order valence-electron chi connectivity index (χ4n) is 1.90. The number of nitrogens with two attached hydrogens (primary N) is 2. The van der Waals surface area contributed by atoms with Crippen molar-refractivity contribution in [3.05, 3.63) is 33.2 Å². The van der Waals surface area contributed by atoms with Crippen molar-refractivity contribution in [2.75, 3.05) is 25.7 Å². The molecule has 0 aliphatic carbocycles. The van der Waals surface area contributed by atoms with Crippen LogP contribution in [-0.4, -0.2) is 14.2 Å². The van der Waals surface area contributed by atoms with Crippen molar-refractivity contribution >= 4 is 43.2 Å². The Hall–Kier alpha value is -1.40. The number of ether oxygens (including phenoxy) is 2. The van der Waals surface area contributed by atoms with Crippen molar-refractivity contribution in [1.82, 2.24) is 0 Å². The molecule has 0 bridgehead atoms. The number of anilines is 2. The van der Waals surface area contributed by atoms with Crippen LogP contribution in [0.15, 0.2) is 33.2 Å². The van der Waals surface area contributed by atoms with Gasteiger partial charge in [-0.3, -0.25) is 0 Å². The molecule has 0 spiro atoms. The van der Waals surface area contributed by atoms with Crippen molar-refractivity contribution in [3.63, 3.8) is 0 Å². The minimum absolute atomic E-state index is 0.571. The van der Waals surface area contributed by atoms with Gasteiger partial charge in [-0.1, -0.05) is 31.9 Å². The first kappa shape index (κ1) is 15.0. The Labute approximate surface area is 134 Å². The zero-order valence-electron chi connectivity index (χ0n) is 11.0. The Balaban J connectivity index is 2.67. The van der Waals surface area contributed by atoms with E-state index in [-0.39, 0.29) is 0 Å². The molecule has 0 saturated carbocycles. The summed E-state index contributed by atoms with van der Waals surface area (Å²) < 4.78 is 12.3. The first-order valence-corrected chi connectivity index (χ1v) is 7.33. The topological polar surface area (TPSA) is 70.5 Å². The Morgan fingerprint density at radius 1 is 0.750 bits per heavy atom. The van der Waals surface area contributed by atoms with E-state index in [0.717, 1.165) is 20.1 Å². The number of hydrogen-bond donors (Lipinski definition) is 2. The molecule has 0 saturated heterocycles. The normalized spacial score (nSPS) is 10.4. The highest BCUT2D eigenvalue weighted by atomic mass is 79.9. The van der Waals surface area contributed by atoms with Crippen LogP contribution in [-0.2, 0) is 0 Å². The van der Waals surface area contributed by atoms with E-state index in [4.69, 9.17) is 20.9 Å². The lowest BCUT2D eigenvalue weighted by Crippen LogP contribution is -1.96. The van der Waals surface area contributed by atoms with Gasteiger partial charge in [-0.05, 0) is 24.3 Å². The monoisotopic (exact) mass is 400 g/mol. The van der Waals surface area contributed by atoms with Crippen LogP contribution in [0.5, 0.6) is 11.5 Å². The van der Waals surface area contributed by atoms with Crippen LogP contribution in [0.4, 0.5) is 11.4 Å². The molecule has 2 aromatic rings. The van der Waals surface area contributed by atoms with Crippen LogP contribution in [0.1, 0.15) is 0 Å². The van der Waals surface area contributed by atoms with E-state index in [1.165, 1.54) is 0 Å². The largest absolute Gasteiger partial charge is 0.495 e. The highest BCUT2D eigenvalue weighted by molar-refractivity contribution is 9.11. The molecule has 0 unspecified atom stereocenters. The van der Waals surface area contributed by atoms with Gasteiger partial charge in [-0.15, -0.1) is 0 Å². The summed E-state index contributed by atoms with van der Waals surface area (Å²) in [6, 6.07) is 7.36. The van der Waals surface area contributed by atoms with E-state index >= 15 is 0 Å². The molecule has 20 heavy (non-hydrogen) atoms. The van der Waals surface area contributed by atoms with Crippen LogP contribution >= 0.6 is 31.9 Å².